The van der Waals surface area contributed by atoms with Gasteiger partial charge in [-0.15, -0.1) is 0 Å². The first kappa shape index (κ1) is 8.75. The van der Waals surface area contributed by atoms with Gasteiger partial charge >= 0.3 is 0 Å². The smallest absolute Gasteiger partial charge is 0.0945 e. The highest BCUT2D eigenvalue weighted by Gasteiger charge is 2.39. The third-order valence-corrected chi connectivity index (χ3v) is 2.81. The fraction of sp³-hybridized carbons (Fsp3) is 0.700. The number of rotatable bonds is 4. The fourth-order valence-corrected chi connectivity index (χ4v) is 1.89. The largest absolute Gasteiger partial charge is 0.337 e. The minimum absolute atomic E-state index is 0.756. The van der Waals surface area contributed by atoms with Gasteiger partial charge in [-0.1, -0.05) is 6.92 Å². The van der Waals surface area contributed by atoms with E-state index in [0.29, 0.717) is 0 Å². The van der Waals surface area contributed by atoms with Crippen molar-refractivity contribution in [3.8, 4) is 0 Å². The van der Waals surface area contributed by atoms with Crippen molar-refractivity contribution in [1.82, 2.24) is 14.9 Å². The molecule has 0 spiro atoms. The Bertz CT molecular complexity index is 279. The van der Waals surface area contributed by atoms with Gasteiger partial charge in [-0.2, -0.15) is 0 Å². The van der Waals surface area contributed by atoms with Gasteiger partial charge in [0.05, 0.1) is 6.33 Å². The average Bonchev–Trinajstić information content (AvgIpc) is 2.77. The van der Waals surface area contributed by atoms with Gasteiger partial charge in [-0.25, -0.2) is 4.98 Å². The summed E-state index contributed by atoms with van der Waals surface area (Å²) in [6, 6.07) is 0. The molecule has 1 saturated carbocycles. The van der Waals surface area contributed by atoms with Crippen LogP contribution in [0.25, 0.3) is 0 Å². The minimum Gasteiger partial charge on any atom is -0.337 e. The number of hydrogen-bond acceptors (Lipinski definition) is 2. The van der Waals surface area contributed by atoms with Gasteiger partial charge in [0.25, 0.3) is 0 Å². The van der Waals surface area contributed by atoms with E-state index in [4.69, 9.17) is 0 Å². The van der Waals surface area contributed by atoms with Crippen LogP contribution in [0.2, 0.25) is 0 Å². The quantitative estimate of drug-likeness (QED) is 0.751. The van der Waals surface area contributed by atoms with Crippen LogP contribution < -0.4 is 5.32 Å². The molecule has 0 aliphatic heterocycles. The summed E-state index contributed by atoms with van der Waals surface area (Å²) in [6.07, 6.45) is 5.21. The lowest BCUT2D eigenvalue weighted by Gasteiger charge is -2.01. The second-order valence-electron chi connectivity index (χ2n) is 3.84. The Morgan fingerprint density at radius 2 is 2.54 bits per heavy atom. The second-order valence-corrected chi connectivity index (χ2v) is 3.84. The lowest BCUT2D eigenvalue weighted by molar-refractivity contribution is 0.640. The van der Waals surface area contributed by atoms with Crippen LogP contribution in [0, 0.1) is 5.92 Å². The molecule has 1 heterocycles. The van der Waals surface area contributed by atoms with Crippen molar-refractivity contribution in [2.45, 2.75) is 19.3 Å². The molecule has 0 amide bonds. The first-order chi connectivity index (χ1) is 6.33. The molecule has 2 unspecified atom stereocenters. The van der Waals surface area contributed by atoms with Crippen LogP contribution in [-0.2, 0) is 7.05 Å². The molecule has 0 saturated heterocycles. The van der Waals surface area contributed by atoms with E-state index < -0.39 is 0 Å². The highest BCUT2D eigenvalue weighted by molar-refractivity contribution is 5.16. The number of nitrogens with one attached hydrogen (secondary N) is 1. The van der Waals surface area contributed by atoms with Crippen LogP contribution in [0.4, 0.5) is 0 Å². The highest BCUT2D eigenvalue weighted by Crippen LogP contribution is 2.46. The molecule has 2 atom stereocenters. The van der Waals surface area contributed by atoms with Crippen LogP contribution >= 0.6 is 0 Å². The molecular formula is C10H17N3. The predicted molar refractivity (Wildman–Crippen MR) is 52.6 cm³/mol. The van der Waals surface area contributed by atoms with E-state index in [1.54, 1.807) is 0 Å². The Labute approximate surface area is 79.2 Å². The minimum atomic E-state index is 0.756. The molecule has 0 aromatic carbocycles. The zero-order valence-corrected chi connectivity index (χ0v) is 8.33. The summed E-state index contributed by atoms with van der Waals surface area (Å²) < 4.78 is 2.14. The van der Waals surface area contributed by atoms with Crippen LogP contribution in [0.1, 0.15) is 25.0 Å². The number of hydrogen-bond donors (Lipinski definition) is 1. The van der Waals surface area contributed by atoms with Crippen molar-refractivity contribution in [1.29, 1.82) is 0 Å². The van der Waals surface area contributed by atoms with Crippen molar-refractivity contribution < 1.29 is 0 Å². The Morgan fingerprint density at radius 1 is 1.69 bits per heavy atom. The molecule has 1 aromatic heterocycles. The number of nitrogens with zero attached hydrogens (tertiary/aromatic N) is 2. The normalized spacial score (nSPS) is 26.3. The zero-order valence-electron chi connectivity index (χ0n) is 8.33. The SMILES string of the molecule is CCNCC1CC1c1cncn1C. The Balaban J connectivity index is 1.89. The van der Waals surface area contributed by atoms with Gasteiger partial charge in [-0.05, 0) is 25.4 Å². The van der Waals surface area contributed by atoms with Gasteiger partial charge < -0.3 is 9.88 Å². The van der Waals surface area contributed by atoms with Crippen molar-refractivity contribution in [3.63, 3.8) is 0 Å². The highest BCUT2D eigenvalue weighted by atomic mass is 15.0. The summed E-state index contributed by atoms with van der Waals surface area (Å²) in [6.45, 7) is 4.39. The molecule has 2 rings (SSSR count). The molecular weight excluding hydrogens is 162 g/mol. The lowest BCUT2D eigenvalue weighted by Crippen LogP contribution is -2.16. The number of imidazole rings is 1. The molecule has 1 N–H and O–H groups in total. The van der Waals surface area contributed by atoms with E-state index >= 15 is 0 Å². The summed E-state index contributed by atoms with van der Waals surface area (Å²) in [4.78, 5) is 4.14. The van der Waals surface area contributed by atoms with Crippen molar-refractivity contribution in [2.75, 3.05) is 13.1 Å². The van der Waals surface area contributed by atoms with Crippen molar-refractivity contribution >= 4 is 0 Å². The molecule has 1 aliphatic carbocycles. The van der Waals surface area contributed by atoms with Crippen molar-refractivity contribution in [2.24, 2.45) is 13.0 Å². The third-order valence-electron chi connectivity index (χ3n) is 2.81. The topological polar surface area (TPSA) is 29.9 Å². The van der Waals surface area contributed by atoms with E-state index in [2.05, 4.69) is 28.8 Å². The maximum absolute atomic E-state index is 4.14. The van der Waals surface area contributed by atoms with E-state index in [0.717, 1.165) is 24.9 Å². The first-order valence-electron chi connectivity index (χ1n) is 5.00. The molecule has 1 fully saturated rings. The maximum Gasteiger partial charge on any atom is 0.0945 e. The summed E-state index contributed by atoms with van der Waals surface area (Å²) in [7, 11) is 2.07. The van der Waals surface area contributed by atoms with Gasteiger partial charge in [0.2, 0.25) is 0 Å². The van der Waals surface area contributed by atoms with Gasteiger partial charge in [0, 0.05) is 24.9 Å². The summed E-state index contributed by atoms with van der Waals surface area (Å²) in [5.41, 5.74) is 1.39. The molecule has 1 aliphatic rings. The summed E-state index contributed by atoms with van der Waals surface area (Å²) in [5, 5.41) is 3.39. The van der Waals surface area contributed by atoms with E-state index in [9.17, 15) is 0 Å². The van der Waals surface area contributed by atoms with Gasteiger partial charge in [-0.3, -0.25) is 0 Å². The van der Waals surface area contributed by atoms with E-state index in [-0.39, 0.29) is 0 Å². The Morgan fingerprint density at radius 3 is 3.15 bits per heavy atom. The molecule has 1 aromatic rings. The van der Waals surface area contributed by atoms with E-state index in [1.165, 1.54) is 12.1 Å². The Kier molecular flexibility index (Phi) is 2.36. The standard InChI is InChI=1S/C10H17N3/c1-3-11-5-8-4-9(8)10-6-12-7-13(10)2/h6-9,11H,3-5H2,1-2H3. The summed E-state index contributed by atoms with van der Waals surface area (Å²) >= 11 is 0. The van der Waals surface area contributed by atoms with Crippen LogP contribution in [0.5, 0.6) is 0 Å². The number of aromatic nitrogens is 2. The van der Waals surface area contributed by atoms with Crippen LogP contribution in [0.3, 0.4) is 0 Å². The average molecular weight is 179 g/mol. The van der Waals surface area contributed by atoms with E-state index in [1.807, 2.05) is 12.5 Å². The van der Waals surface area contributed by atoms with Crippen molar-refractivity contribution in [3.05, 3.63) is 18.2 Å². The van der Waals surface area contributed by atoms with Gasteiger partial charge in [0.1, 0.15) is 0 Å². The predicted octanol–water partition coefficient (Wildman–Crippen LogP) is 1.13. The van der Waals surface area contributed by atoms with Crippen LogP contribution in [0.15, 0.2) is 12.5 Å². The monoisotopic (exact) mass is 179 g/mol. The Hall–Kier alpha value is -0.830. The number of aryl methyl sites for hydroxylation is 1. The lowest BCUT2D eigenvalue weighted by atomic mass is 10.2. The van der Waals surface area contributed by atoms with Gasteiger partial charge in [0.15, 0.2) is 0 Å². The first-order valence-corrected chi connectivity index (χ1v) is 5.00. The zero-order chi connectivity index (χ0) is 9.26. The molecule has 3 nitrogen and oxygen atoms in total. The fourth-order valence-electron chi connectivity index (χ4n) is 1.89. The maximum atomic E-state index is 4.14. The van der Waals surface area contributed by atoms with Crippen LogP contribution in [-0.4, -0.2) is 22.6 Å². The second kappa shape index (κ2) is 3.50. The third kappa shape index (κ3) is 1.75. The molecule has 72 valence electrons. The molecule has 0 radical (unpaired) electrons. The molecule has 13 heavy (non-hydrogen) atoms. The molecule has 3 heteroatoms. The summed E-state index contributed by atoms with van der Waals surface area (Å²) in [5.74, 6) is 1.60. The molecule has 0 bridgehead atoms.